The molecule has 2 N–H and O–H groups in total. The summed E-state index contributed by atoms with van der Waals surface area (Å²) in [5, 5.41) is 0. The Kier molecular flexibility index (Phi) is 4.39. The van der Waals surface area contributed by atoms with Gasteiger partial charge < -0.3 is 10.6 Å². The highest BCUT2D eigenvalue weighted by Gasteiger charge is 2.34. The van der Waals surface area contributed by atoms with Crippen molar-refractivity contribution in [2.24, 2.45) is 0 Å². The Hall–Kier alpha value is -1.79. The van der Waals surface area contributed by atoms with Gasteiger partial charge in [-0.25, -0.2) is 4.39 Å². The van der Waals surface area contributed by atoms with Crippen molar-refractivity contribution in [3.8, 4) is 0 Å². The van der Waals surface area contributed by atoms with E-state index in [2.05, 4.69) is 0 Å². The molecule has 0 bridgehead atoms. The van der Waals surface area contributed by atoms with Crippen molar-refractivity contribution in [1.82, 2.24) is 4.90 Å². The van der Waals surface area contributed by atoms with Crippen molar-refractivity contribution >= 4 is 11.6 Å². The summed E-state index contributed by atoms with van der Waals surface area (Å²) in [5.74, 6) is -1.72. The normalized spacial score (nSPS) is 11.7. The Bertz CT molecular complexity index is 471. The zero-order valence-electron chi connectivity index (χ0n) is 10.5. The Balaban J connectivity index is 3.02. The summed E-state index contributed by atoms with van der Waals surface area (Å²) in [7, 11) is 0. The molecule has 1 aromatic carbocycles. The van der Waals surface area contributed by atoms with Crippen molar-refractivity contribution in [3.63, 3.8) is 0 Å². The molecule has 0 aliphatic carbocycles. The molecule has 0 saturated carbocycles. The largest absolute Gasteiger partial charge is 0.406 e. The smallest absolute Gasteiger partial charge is 0.396 e. The van der Waals surface area contributed by atoms with Gasteiger partial charge in [-0.3, -0.25) is 4.79 Å². The number of hydrogen-bond donors (Lipinski definition) is 1. The first-order valence-corrected chi connectivity index (χ1v) is 5.54. The molecule has 0 fully saturated rings. The van der Waals surface area contributed by atoms with E-state index >= 15 is 0 Å². The summed E-state index contributed by atoms with van der Waals surface area (Å²) in [6.45, 7) is 1.53. The van der Waals surface area contributed by atoms with E-state index in [-0.39, 0.29) is 11.3 Å². The van der Waals surface area contributed by atoms with Crippen LogP contribution in [0.5, 0.6) is 0 Å². The molecule has 106 valence electrons. The van der Waals surface area contributed by atoms with Gasteiger partial charge in [0.05, 0.1) is 5.69 Å². The average molecular weight is 278 g/mol. The van der Waals surface area contributed by atoms with Gasteiger partial charge in [0.25, 0.3) is 5.91 Å². The van der Waals surface area contributed by atoms with Crippen LogP contribution in [0.1, 0.15) is 24.2 Å². The lowest BCUT2D eigenvalue weighted by Crippen LogP contribution is -2.43. The van der Waals surface area contributed by atoms with E-state index in [9.17, 15) is 22.4 Å². The topological polar surface area (TPSA) is 46.3 Å². The zero-order chi connectivity index (χ0) is 14.8. The molecule has 0 saturated heterocycles. The maximum Gasteiger partial charge on any atom is 0.406 e. The molecule has 0 radical (unpaired) electrons. The minimum atomic E-state index is -4.51. The molecular formula is C12H14F4N2O. The third kappa shape index (κ3) is 4.11. The molecule has 0 heterocycles. The molecule has 0 aliphatic heterocycles. The Morgan fingerprint density at radius 1 is 1.37 bits per heavy atom. The summed E-state index contributed by atoms with van der Waals surface area (Å²) in [5.41, 5.74) is 4.92. The number of anilines is 1. The van der Waals surface area contributed by atoms with E-state index < -0.39 is 30.5 Å². The number of carbonyl (C=O) groups excluding carboxylic acids is 1. The molecular weight excluding hydrogens is 264 g/mol. The summed E-state index contributed by atoms with van der Waals surface area (Å²) < 4.78 is 50.4. The first kappa shape index (κ1) is 15.3. The van der Waals surface area contributed by atoms with Gasteiger partial charge in [0.15, 0.2) is 0 Å². The van der Waals surface area contributed by atoms with Crippen LogP contribution in [-0.4, -0.2) is 29.6 Å². The number of alkyl halides is 3. The van der Waals surface area contributed by atoms with E-state index in [1.165, 1.54) is 19.9 Å². The van der Waals surface area contributed by atoms with Crippen LogP contribution in [0.2, 0.25) is 0 Å². The monoisotopic (exact) mass is 278 g/mol. The summed E-state index contributed by atoms with van der Waals surface area (Å²) in [6.07, 6.45) is -4.51. The predicted molar refractivity (Wildman–Crippen MR) is 63.0 cm³/mol. The number of hydrogen-bond acceptors (Lipinski definition) is 2. The molecule has 0 unspecified atom stereocenters. The van der Waals surface area contributed by atoms with Crippen molar-refractivity contribution < 1.29 is 22.4 Å². The number of halogens is 4. The van der Waals surface area contributed by atoms with Crippen molar-refractivity contribution in [2.45, 2.75) is 26.1 Å². The number of benzene rings is 1. The van der Waals surface area contributed by atoms with Gasteiger partial charge in [-0.05, 0) is 32.0 Å². The maximum atomic E-state index is 13.2. The fourth-order valence-corrected chi connectivity index (χ4v) is 1.51. The predicted octanol–water partition coefficient (Wildman–Crippen LogP) is 2.82. The number of nitrogens with zero attached hydrogens (tertiary/aromatic N) is 1. The molecule has 1 aromatic rings. The second-order valence-electron chi connectivity index (χ2n) is 4.38. The van der Waals surface area contributed by atoms with E-state index in [1.807, 2.05) is 0 Å². The first-order chi connectivity index (χ1) is 8.61. The van der Waals surface area contributed by atoms with Gasteiger partial charge in [0.1, 0.15) is 12.4 Å². The van der Waals surface area contributed by atoms with E-state index in [0.717, 1.165) is 12.1 Å². The second kappa shape index (κ2) is 5.46. The standard InChI is InChI=1S/C12H14F4N2O/c1-7(2)18(6-12(14,15)16)11(19)8-3-4-10(17)9(13)5-8/h3-5,7H,6,17H2,1-2H3. The molecule has 0 spiro atoms. The third-order valence-electron chi connectivity index (χ3n) is 2.48. The van der Waals surface area contributed by atoms with Crippen molar-refractivity contribution in [2.75, 3.05) is 12.3 Å². The number of nitrogen functional groups attached to an aromatic ring is 1. The highest BCUT2D eigenvalue weighted by molar-refractivity contribution is 5.94. The lowest BCUT2D eigenvalue weighted by atomic mass is 10.1. The number of amides is 1. The average Bonchev–Trinajstić information content (AvgIpc) is 2.27. The van der Waals surface area contributed by atoms with Crippen LogP contribution in [0.25, 0.3) is 0 Å². The molecule has 7 heteroatoms. The maximum absolute atomic E-state index is 13.2. The molecule has 0 aliphatic rings. The lowest BCUT2D eigenvalue weighted by Gasteiger charge is -2.27. The highest BCUT2D eigenvalue weighted by Crippen LogP contribution is 2.21. The van der Waals surface area contributed by atoms with E-state index in [1.54, 1.807) is 0 Å². The van der Waals surface area contributed by atoms with Crippen molar-refractivity contribution in [1.29, 1.82) is 0 Å². The number of carbonyl (C=O) groups is 1. The Morgan fingerprint density at radius 3 is 2.37 bits per heavy atom. The highest BCUT2D eigenvalue weighted by atomic mass is 19.4. The van der Waals surface area contributed by atoms with Gasteiger partial charge in [-0.1, -0.05) is 0 Å². The molecule has 19 heavy (non-hydrogen) atoms. The quantitative estimate of drug-likeness (QED) is 0.682. The van der Waals surface area contributed by atoms with Crippen LogP contribution in [0.15, 0.2) is 18.2 Å². The van der Waals surface area contributed by atoms with Crippen LogP contribution >= 0.6 is 0 Å². The Labute approximate surface area is 108 Å². The van der Waals surface area contributed by atoms with Crippen LogP contribution in [0, 0.1) is 5.82 Å². The van der Waals surface area contributed by atoms with Crippen LogP contribution < -0.4 is 5.73 Å². The molecule has 0 atom stereocenters. The first-order valence-electron chi connectivity index (χ1n) is 5.54. The van der Waals surface area contributed by atoms with Gasteiger partial charge >= 0.3 is 6.18 Å². The van der Waals surface area contributed by atoms with Crippen LogP contribution in [-0.2, 0) is 0 Å². The SMILES string of the molecule is CC(C)N(CC(F)(F)F)C(=O)c1ccc(N)c(F)c1. The van der Waals surface area contributed by atoms with E-state index in [0.29, 0.717) is 4.90 Å². The summed E-state index contributed by atoms with van der Waals surface area (Å²) >= 11 is 0. The van der Waals surface area contributed by atoms with Crippen LogP contribution in [0.4, 0.5) is 23.2 Å². The van der Waals surface area contributed by atoms with Gasteiger partial charge in [-0.2, -0.15) is 13.2 Å². The molecule has 3 nitrogen and oxygen atoms in total. The summed E-state index contributed by atoms with van der Waals surface area (Å²) in [6, 6.07) is 2.53. The third-order valence-corrected chi connectivity index (χ3v) is 2.48. The fraction of sp³-hybridized carbons (Fsp3) is 0.417. The fourth-order valence-electron chi connectivity index (χ4n) is 1.51. The zero-order valence-corrected chi connectivity index (χ0v) is 10.5. The minimum absolute atomic E-state index is 0.162. The number of rotatable bonds is 3. The van der Waals surface area contributed by atoms with Crippen LogP contribution in [0.3, 0.4) is 0 Å². The van der Waals surface area contributed by atoms with Gasteiger partial charge in [0.2, 0.25) is 0 Å². The molecule has 1 amide bonds. The van der Waals surface area contributed by atoms with Crippen molar-refractivity contribution in [3.05, 3.63) is 29.6 Å². The molecule has 1 rings (SSSR count). The minimum Gasteiger partial charge on any atom is -0.396 e. The number of nitrogens with two attached hydrogens (primary N) is 1. The summed E-state index contributed by atoms with van der Waals surface area (Å²) in [4.78, 5) is 12.6. The van der Waals surface area contributed by atoms with E-state index in [4.69, 9.17) is 5.73 Å². The lowest BCUT2D eigenvalue weighted by molar-refractivity contribution is -0.143. The van der Waals surface area contributed by atoms with Gasteiger partial charge in [0, 0.05) is 11.6 Å². The van der Waals surface area contributed by atoms with Gasteiger partial charge in [-0.15, -0.1) is 0 Å². The second-order valence-corrected chi connectivity index (χ2v) is 4.38. The molecule has 0 aromatic heterocycles. The Morgan fingerprint density at radius 2 is 1.95 bits per heavy atom.